The highest BCUT2D eigenvalue weighted by Gasteiger charge is 2.52. The van der Waals surface area contributed by atoms with Crippen molar-refractivity contribution in [2.45, 2.75) is 64.0 Å². The molecule has 1 heterocycles. The van der Waals surface area contributed by atoms with Gasteiger partial charge in [-0.3, -0.25) is 19.3 Å². The highest BCUT2D eigenvalue weighted by molar-refractivity contribution is 6.08. The van der Waals surface area contributed by atoms with Crippen molar-refractivity contribution in [2.75, 3.05) is 13.2 Å². The van der Waals surface area contributed by atoms with Crippen LogP contribution in [0.5, 0.6) is 0 Å². The second kappa shape index (κ2) is 7.63. The van der Waals surface area contributed by atoms with Crippen molar-refractivity contribution < 1.29 is 23.9 Å². The highest BCUT2D eigenvalue weighted by atomic mass is 16.5. The van der Waals surface area contributed by atoms with Gasteiger partial charge in [0.15, 0.2) is 6.61 Å². The van der Waals surface area contributed by atoms with Crippen molar-refractivity contribution in [3.63, 3.8) is 0 Å². The maximum absolute atomic E-state index is 12.4. The van der Waals surface area contributed by atoms with Gasteiger partial charge in [-0.25, -0.2) is 4.79 Å². The summed E-state index contributed by atoms with van der Waals surface area (Å²) in [5, 5.41) is 5.40. The molecule has 2 rings (SSSR count). The molecule has 1 saturated carbocycles. The van der Waals surface area contributed by atoms with Gasteiger partial charge in [0.05, 0.1) is 0 Å². The van der Waals surface area contributed by atoms with Crippen LogP contribution < -0.4 is 10.6 Å². The van der Waals surface area contributed by atoms with Crippen molar-refractivity contribution >= 4 is 23.8 Å². The zero-order valence-electron chi connectivity index (χ0n) is 14.2. The van der Waals surface area contributed by atoms with Crippen molar-refractivity contribution in [1.82, 2.24) is 15.5 Å². The van der Waals surface area contributed by atoms with E-state index < -0.39 is 36.6 Å². The Balaban J connectivity index is 1.79. The van der Waals surface area contributed by atoms with Crippen molar-refractivity contribution in [1.29, 1.82) is 0 Å². The number of carbonyl (C=O) groups excluding carboxylic acids is 4. The number of rotatable bonds is 7. The fourth-order valence-corrected chi connectivity index (χ4v) is 3.28. The molecule has 0 aromatic rings. The third kappa shape index (κ3) is 4.04. The Morgan fingerprint density at radius 3 is 2.62 bits per heavy atom. The van der Waals surface area contributed by atoms with Crippen molar-refractivity contribution in [3.05, 3.63) is 0 Å². The summed E-state index contributed by atoms with van der Waals surface area (Å²) in [4.78, 5) is 48.7. The minimum atomic E-state index is -0.843. The Bertz CT molecular complexity index is 528. The number of hydrogen-bond donors (Lipinski definition) is 2. The van der Waals surface area contributed by atoms with E-state index in [-0.39, 0.29) is 11.9 Å². The maximum Gasteiger partial charge on any atom is 0.326 e. The Hall–Kier alpha value is -2.12. The van der Waals surface area contributed by atoms with E-state index in [0.717, 1.165) is 30.6 Å². The quantitative estimate of drug-likeness (QED) is 0.525. The van der Waals surface area contributed by atoms with Gasteiger partial charge in [0, 0.05) is 6.04 Å². The summed E-state index contributed by atoms with van der Waals surface area (Å²) in [6.45, 7) is 3.00. The van der Waals surface area contributed by atoms with Gasteiger partial charge in [-0.2, -0.15) is 0 Å². The van der Waals surface area contributed by atoms with Gasteiger partial charge in [-0.1, -0.05) is 26.2 Å². The molecule has 0 radical (unpaired) electrons. The molecule has 1 saturated heterocycles. The average molecular weight is 339 g/mol. The summed E-state index contributed by atoms with van der Waals surface area (Å²) in [5.74, 6) is -1.54. The van der Waals surface area contributed by atoms with Gasteiger partial charge < -0.3 is 15.4 Å². The molecular formula is C16H25N3O5. The average Bonchev–Trinajstić information content (AvgIpc) is 3.07. The number of carbonyl (C=O) groups is 4. The fraction of sp³-hybridized carbons (Fsp3) is 0.750. The Kier molecular flexibility index (Phi) is 5.80. The second-order valence-corrected chi connectivity index (χ2v) is 6.53. The molecule has 2 N–H and O–H groups in total. The second-order valence-electron chi connectivity index (χ2n) is 6.53. The number of nitrogens with zero attached hydrogens (tertiary/aromatic N) is 1. The van der Waals surface area contributed by atoms with Crippen LogP contribution >= 0.6 is 0 Å². The van der Waals surface area contributed by atoms with E-state index in [1.165, 1.54) is 0 Å². The minimum absolute atomic E-state index is 0.00867. The van der Waals surface area contributed by atoms with Crippen molar-refractivity contribution in [3.8, 4) is 0 Å². The number of esters is 1. The van der Waals surface area contributed by atoms with Crippen molar-refractivity contribution in [2.24, 2.45) is 0 Å². The predicted octanol–water partition coefficient (Wildman–Crippen LogP) is 0.699. The lowest BCUT2D eigenvalue weighted by atomic mass is 9.98. The topological polar surface area (TPSA) is 105 Å². The van der Waals surface area contributed by atoms with Crippen LogP contribution in [0.1, 0.15) is 52.4 Å². The number of nitrogens with one attached hydrogen (secondary N) is 2. The van der Waals surface area contributed by atoms with Crippen LogP contribution in [0.25, 0.3) is 0 Å². The number of urea groups is 1. The molecule has 1 aliphatic heterocycles. The fourth-order valence-electron chi connectivity index (χ4n) is 3.28. The smallest absolute Gasteiger partial charge is 0.326 e. The summed E-state index contributed by atoms with van der Waals surface area (Å²) in [5.41, 5.74) is -0.843. The Labute approximate surface area is 141 Å². The molecule has 2 aliphatic rings. The largest absolute Gasteiger partial charge is 0.454 e. The third-order valence-electron chi connectivity index (χ3n) is 4.48. The maximum atomic E-state index is 12.4. The number of amides is 4. The minimum Gasteiger partial charge on any atom is -0.454 e. The van der Waals surface area contributed by atoms with E-state index in [0.29, 0.717) is 12.8 Å². The van der Waals surface area contributed by atoms with E-state index in [2.05, 4.69) is 10.6 Å². The third-order valence-corrected chi connectivity index (χ3v) is 4.48. The molecule has 24 heavy (non-hydrogen) atoms. The van der Waals surface area contributed by atoms with Gasteiger partial charge in [0.1, 0.15) is 12.1 Å². The Morgan fingerprint density at radius 1 is 1.33 bits per heavy atom. The standard InChI is InChI=1S/C16H25N3O5/c1-3-6-11(2)17-12(20)10-24-13(21)9-19-14(22)16(18-15(19)23)7-4-5-8-16/h11H,3-10H2,1-2H3,(H,17,20)(H,18,23)/t11-/m0/s1. The molecule has 8 heteroatoms. The SMILES string of the molecule is CCC[C@H](C)NC(=O)COC(=O)CN1C(=O)NC2(CCCC2)C1=O. The molecule has 1 aliphatic carbocycles. The number of imide groups is 1. The Morgan fingerprint density at radius 2 is 2.00 bits per heavy atom. The first-order chi connectivity index (χ1) is 11.4. The van der Waals surface area contributed by atoms with E-state index in [9.17, 15) is 19.2 Å². The summed E-state index contributed by atoms with van der Waals surface area (Å²) in [6.07, 6.45) is 4.72. The molecule has 4 amide bonds. The highest BCUT2D eigenvalue weighted by Crippen LogP contribution is 2.34. The van der Waals surface area contributed by atoms with Crippen LogP contribution in [0.4, 0.5) is 4.79 Å². The van der Waals surface area contributed by atoms with Gasteiger partial charge in [0.25, 0.3) is 11.8 Å². The van der Waals surface area contributed by atoms with Gasteiger partial charge >= 0.3 is 12.0 Å². The molecule has 1 atom stereocenters. The molecule has 0 aromatic heterocycles. The molecule has 134 valence electrons. The summed E-state index contributed by atoms with van der Waals surface area (Å²) in [7, 11) is 0. The molecule has 0 aromatic carbocycles. The summed E-state index contributed by atoms with van der Waals surface area (Å²) in [6, 6.07) is -0.561. The molecule has 0 unspecified atom stereocenters. The molecule has 1 spiro atoms. The lowest BCUT2D eigenvalue weighted by Crippen LogP contribution is -2.44. The number of ether oxygens (including phenoxy) is 1. The van der Waals surface area contributed by atoms with Crippen LogP contribution in [0.15, 0.2) is 0 Å². The van der Waals surface area contributed by atoms with Crippen LogP contribution in [0.2, 0.25) is 0 Å². The zero-order chi connectivity index (χ0) is 17.7. The number of hydrogen-bond acceptors (Lipinski definition) is 5. The lowest BCUT2D eigenvalue weighted by molar-refractivity contribution is -0.151. The lowest BCUT2D eigenvalue weighted by Gasteiger charge is -2.19. The first kappa shape index (κ1) is 18.2. The molecule has 8 nitrogen and oxygen atoms in total. The first-order valence-electron chi connectivity index (χ1n) is 8.47. The van der Waals surface area contributed by atoms with Gasteiger partial charge in [-0.05, 0) is 26.2 Å². The van der Waals surface area contributed by atoms with Crippen LogP contribution in [0, 0.1) is 0 Å². The zero-order valence-corrected chi connectivity index (χ0v) is 14.2. The van der Waals surface area contributed by atoms with Gasteiger partial charge in [0.2, 0.25) is 0 Å². The molecule has 0 bridgehead atoms. The predicted molar refractivity (Wildman–Crippen MR) is 84.9 cm³/mol. The summed E-state index contributed by atoms with van der Waals surface area (Å²) >= 11 is 0. The van der Waals surface area contributed by atoms with Crippen LogP contribution in [-0.4, -0.2) is 53.4 Å². The van der Waals surface area contributed by atoms with E-state index >= 15 is 0 Å². The summed E-state index contributed by atoms with van der Waals surface area (Å²) < 4.78 is 4.87. The van der Waals surface area contributed by atoms with E-state index in [1.807, 2.05) is 13.8 Å². The van der Waals surface area contributed by atoms with Crippen LogP contribution in [0.3, 0.4) is 0 Å². The van der Waals surface area contributed by atoms with Crippen LogP contribution in [-0.2, 0) is 19.1 Å². The molecular weight excluding hydrogens is 314 g/mol. The normalized spacial score (nSPS) is 20.2. The monoisotopic (exact) mass is 339 g/mol. The van der Waals surface area contributed by atoms with Gasteiger partial charge in [-0.15, -0.1) is 0 Å². The molecule has 2 fully saturated rings. The first-order valence-corrected chi connectivity index (χ1v) is 8.47. The van der Waals surface area contributed by atoms with E-state index in [1.54, 1.807) is 0 Å². The van der Waals surface area contributed by atoms with E-state index in [4.69, 9.17) is 4.74 Å².